The van der Waals surface area contributed by atoms with Crippen LogP contribution in [0.4, 0.5) is 0 Å². The van der Waals surface area contributed by atoms with Crippen LogP contribution in [0.5, 0.6) is 0 Å². The van der Waals surface area contributed by atoms with E-state index in [0.717, 1.165) is 4.68 Å². The van der Waals surface area contributed by atoms with Gasteiger partial charge in [0.25, 0.3) is 0 Å². The Kier molecular flexibility index (Phi) is 5.52. The van der Waals surface area contributed by atoms with Crippen molar-refractivity contribution in [3.8, 4) is 18.4 Å². The third-order valence-electron chi connectivity index (χ3n) is 4.69. The molecule has 0 radical (unpaired) electrons. The van der Waals surface area contributed by atoms with Gasteiger partial charge in [0.2, 0.25) is 0 Å². The molecule has 1 heterocycles. The van der Waals surface area contributed by atoms with E-state index in [-0.39, 0.29) is 30.5 Å². The van der Waals surface area contributed by atoms with Gasteiger partial charge in [-0.3, -0.25) is 9.36 Å². The largest absolute Gasteiger partial charge is 0.442 e. The normalized spacial score (nSPS) is 21.2. The first-order chi connectivity index (χ1) is 12.3. The van der Waals surface area contributed by atoms with Crippen molar-refractivity contribution in [3.05, 3.63) is 40.1 Å². The number of nitriles is 1. The molecule has 136 valence electrons. The first-order valence-electron chi connectivity index (χ1n) is 8.26. The highest BCUT2D eigenvalue weighted by atomic mass is 16.5. The fourth-order valence-electron chi connectivity index (χ4n) is 3.06. The van der Waals surface area contributed by atoms with Crippen LogP contribution in [0.15, 0.2) is 28.6 Å². The molecule has 0 spiro atoms. The number of allylic oxidation sites excluding steroid dienone is 4. The van der Waals surface area contributed by atoms with Gasteiger partial charge in [-0.25, -0.2) is 4.79 Å². The smallest absolute Gasteiger partial charge is 0.349 e. The summed E-state index contributed by atoms with van der Waals surface area (Å²) < 4.78 is 7.69. The van der Waals surface area contributed by atoms with Crippen molar-refractivity contribution in [1.29, 1.82) is 5.26 Å². The summed E-state index contributed by atoms with van der Waals surface area (Å²) in [6, 6.07) is 2.11. The molecule has 2 rings (SSSR count). The highest BCUT2D eigenvalue weighted by molar-refractivity contribution is 5.78. The van der Waals surface area contributed by atoms with E-state index in [2.05, 4.69) is 17.1 Å². The number of hydrogen-bond donors (Lipinski definition) is 0. The second kappa shape index (κ2) is 7.45. The van der Waals surface area contributed by atoms with Crippen LogP contribution in [0, 0.1) is 47.8 Å². The van der Waals surface area contributed by atoms with Gasteiger partial charge < -0.3 is 4.74 Å². The number of esters is 1. The standard InChI is InChI=1S/C19H22N4O3/c1-6-8-14(11-20)10-15-16(19(15,4)5)17(24)26-12-23-18(25)22(9-7-2)13(3)21-23/h2,6,8,10,15-16H,9,12H2,1,3-5H3/b8-6+,14-10-/t15-,16+/m1/s1. The van der Waals surface area contributed by atoms with Crippen molar-refractivity contribution in [1.82, 2.24) is 14.3 Å². The summed E-state index contributed by atoms with van der Waals surface area (Å²) in [5.74, 6) is 1.99. The summed E-state index contributed by atoms with van der Waals surface area (Å²) in [6.07, 6.45) is 10.5. The first-order valence-corrected chi connectivity index (χ1v) is 8.26. The highest BCUT2D eigenvalue weighted by Crippen LogP contribution is 2.59. The third kappa shape index (κ3) is 3.62. The number of rotatable bonds is 6. The summed E-state index contributed by atoms with van der Waals surface area (Å²) in [7, 11) is 0. The van der Waals surface area contributed by atoms with Crippen molar-refractivity contribution in [2.45, 2.75) is 41.0 Å². The number of carbonyl (C=O) groups excluding carboxylic acids is 1. The van der Waals surface area contributed by atoms with Crippen molar-refractivity contribution in [2.75, 3.05) is 0 Å². The summed E-state index contributed by atoms with van der Waals surface area (Å²) in [6.45, 7) is 7.23. The lowest BCUT2D eigenvalue weighted by Crippen LogP contribution is -2.27. The minimum atomic E-state index is -0.417. The van der Waals surface area contributed by atoms with Crippen molar-refractivity contribution < 1.29 is 9.53 Å². The van der Waals surface area contributed by atoms with E-state index in [1.807, 2.05) is 20.8 Å². The number of aromatic nitrogens is 3. The van der Waals surface area contributed by atoms with Gasteiger partial charge in [0.05, 0.1) is 18.5 Å². The topological polar surface area (TPSA) is 89.9 Å². The van der Waals surface area contributed by atoms with Gasteiger partial charge in [-0.05, 0) is 31.3 Å². The molecule has 26 heavy (non-hydrogen) atoms. The predicted molar refractivity (Wildman–Crippen MR) is 95.4 cm³/mol. The Morgan fingerprint density at radius 3 is 2.77 bits per heavy atom. The zero-order chi connectivity index (χ0) is 19.5. The molecule has 1 aliphatic rings. The summed E-state index contributed by atoms with van der Waals surface area (Å²) in [5, 5.41) is 13.2. The minimum Gasteiger partial charge on any atom is -0.442 e. The second-order valence-electron chi connectivity index (χ2n) is 6.77. The molecule has 2 atom stereocenters. The molecule has 0 aliphatic heterocycles. The number of ether oxygens (including phenoxy) is 1. The number of aryl methyl sites for hydroxylation is 1. The molecule has 0 amide bonds. The average molecular weight is 354 g/mol. The zero-order valence-corrected chi connectivity index (χ0v) is 15.4. The Bertz CT molecular complexity index is 903. The quantitative estimate of drug-likeness (QED) is 0.336. The molecular formula is C19H22N4O3. The zero-order valence-electron chi connectivity index (χ0n) is 15.4. The van der Waals surface area contributed by atoms with Gasteiger partial charge in [0, 0.05) is 5.57 Å². The van der Waals surface area contributed by atoms with E-state index >= 15 is 0 Å². The fraction of sp³-hybridized carbons (Fsp3) is 0.474. The Morgan fingerprint density at radius 2 is 2.19 bits per heavy atom. The molecule has 1 aromatic heterocycles. The van der Waals surface area contributed by atoms with E-state index in [0.29, 0.717) is 11.4 Å². The van der Waals surface area contributed by atoms with E-state index < -0.39 is 11.7 Å². The second-order valence-corrected chi connectivity index (χ2v) is 6.77. The summed E-state index contributed by atoms with van der Waals surface area (Å²) in [5.41, 5.74) is -0.204. The molecule has 0 unspecified atom stereocenters. The Morgan fingerprint density at radius 1 is 1.50 bits per heavy atom. The maximum Gasteiger partial charge on any atom is 0.349 e. The van der Waals surface area contributed by atoms with Crippen LogP contribution in [-0.4, -0.2) is 20.3 Å². The van der Waals surface area contributed by atoms with Crippen LogP contribution in [0.25, 0.3) is 0 Å². The molecular weight excluding hydrogens is 332 g/mol. The molecule has 0 N–H and O–H groups in total. The van der Waals surface area contributed by atoms with Gasteiger partial charge in [-0.15, -0.1) is 6.42 Å². The highest BCUT2D eigenvalue weighted by Gasteiger charge is 2.61. The van der Waals surface area contributed by atoms with Gasteiger partial charge in [-0.1, -0.05) is 31.9 Å². The first kappa shape index (κ1) is 19.3. The van der Waals surface area contributed by atoms with E-state index in [1.165, 1.54) is 4.57 Å². The monoisotopic (exact) mass is 354 g/mol. The van der Waals surface area contributed by atoms with Crippen LogP contribution in [-0.2, 0) is 22.8 Å². The average Bonchev–Trinajstić information content (AvgIpc) is 3.03. The Labute approximate surface area is 152 Å². The molecule has 0 saturated heterocycles. The van der Waals surface area contributed by atoms with Gasteiger partial charge in [0.15, 0.2) is 6.73 Å². The molecule has 1 aliphatic carbocycles. The van der Waals surface area contributed by atoms with Crippen LogP contribution in [0.3, 0.4) is 0 Å². The lowest BCUT2D eigenvalue weighted by molar-refractivity contribution is -0.150. The van der Waals surface area contributed by atoms with Gasteiger partial charge in [-0.2, -0.15) is 15.0 Å². The number of terminal acetylenes is 1. The SMILES string of the molecule is C#CCn1c(C)nn(COC(=O)[C@@H]2[C@@H](/C=C(C#N)/C=C/C)C2(C)C)c1=O. The van der Waals surface area contributed by atoms with E-state index in [1.54, 1.807) is 25.2 Å². The van der Waals surface area contributed by atoms with Crippen molar-refractivity contribution in [2.24, 2.45) is 17.3 Å². The molecule has 7 nitrogen and oxygen atoms in total. The molecule has 0 aromatic carbocycles. The minimum absolute atomic E-state index is 0.0849. The fourth-order valence-corrected chi connectivity index (χ4v) is 3.06. The molecule has 1 saturated carbocycles. The number of nitrogens with zero attached hydrogens (tertiary/aromatic N) is 4. The van der Waals surface area contributed by atoms with Gasteiger partial charge in [0.1, 0.15) is 5.82 Å². The summed E-state index contributed by atoms with van der Waals surface area (Å²) in [4.78, 5) is 24.6. The van der Waals surface area contributed by atoms with E-state index in [9.17, 15) is 9.59 Å². The Hall–Kier alpha value is -3.06. The van der Waals surface area contributed by atoms with Crippen LogP contribution in [0.1, 0.15) is 26.6 Å². The van der Waals surface area contributed by atoms with Crippen LogP contribution >= 0.6 is 0 Å². The van der Waals surface area contributed by atoms with Gasteiger partial charge >= 0.3 is 11.7 Å². The van der Waals surface area contributed by atoms with Crippen LogP contribution in [0.2, 0.25) is 0 Å². The lowest BCUT2D eigenvalue weighted by atomic mass is 10.1. The molecule has 7 heteroatoms. The number of hydrogen-bond acceptors (Lipinski definition) is 5. The maximum atomic E-state index is 12.4. The van der Waals surface area contributed by atoms with Crippen molar-refractivity contribution >= 4 is 5.97 Å². The number of carbonyl (C=O) groups is 1. The Balaban J connectivity index is 2.08. The predicted octanol–water partition coefficient (Wildman–Crippen LogP) is 1.79. The third-order valence-corrected chi connectivity index (χ3v) is 4.69. The van der Waals surface area contributed by atoms with Crippen LogP contribution < -0.4 is 5.69 Å². The van der Waals surface area contributed by atoms with E-state index in [4.69, 9.17) is 16.4 Å². The maximum absolute atomic E-state index is 12.4. The molecule has 1 aromatic rings. The molecule has 0 bridgehead atoms. The van der Waals surface area contributed by atoms with Crippen molar-refractivity contribution in [3.63, 3.8) is 0 Å². The lowest BCUT2D eigenvalue weighted by Gasteiger charge is -2.04. The molecule has 1 fully saturated rings. The summed E-state index contributed by atoms with van der Waals surface area (Å²) >= 11 is 0.